The molecule has 0 amide bonds. The Kier molecular flexibility index (Phi) is 5.89. The van der Waals surface area contributed by atoms with E-state index in [1.165, 1.54) is 16.7 Å². The van der Waals surface area contributed by atoms with E-state index < -0.39 is 0 Å². The molecule has 4 nitrogen and oxygen atoms in total. The summed E-state index contributed by atoms with van der Waals surface area (Å²) in [6, 6.07) is 23.1. The second-order valence-electron chi connectivity index (χ2n) is 7.36. The number of fused-ring (bicyclic) bond motifs is 1. The van der Waals surface area contributed by atoms with Crippen molar-refractivity contribution in [3.63, 3.8) is 0 Å². The molecule has 0 saturated carbocycles. The van der Waals surface area contributed by atoms with Gasteiger partial charge in [0.15, 0.2) is 11.5 Å². The fourth-order valence-electron chi connectivity index (χ4n) is 3.83. The Labute approximate surface area is 172 Å². The Morgan fingerprint density at radius 1 is 0.862 bits per heavy atom. The highest BCUT2D eigenvalue weighted by Gasteiger charge is 2.21. The number of nitrogens with one attached hydrogen (secondary N) is 1. The highest BCUT2D eigenvalue weighted by molar-refractivity contribution is 5.51. The maximum Gasteiger partial charge on any atom is 0.161 e. The third kappa shape index (κ3) is 4.65. The molecule has 4 heteroatoms. The standard InChI is InChI=1S/C25H27NO3/c1-27-24-15-19-8-9-22(14-20(19)16-25(24)28-2)26-21-10-12-23(13-11-21)29-17-18-6-4-3-5-7-18/h3-7,10-13,15-16,22,26H,8-9,14,17H2,1-2H3. The van der Waals surface area contributed by atoms with Crippen LogP contribution in [0.4, 0.5) is 5.69 Å². The van der Waals surface area contributed by atoms with Gasteiger partial charge in [-0.15, -0.1) is 0 Å². The van der Waals surface area contributed by atoms with Gasteiger partial charge in [0.05, 0.1) is 14.2 Å². The average Bonchev–Trinajstić information content (AvgIpc) is 2.78. The SMILES string of the molecule is COc1cc2c(cc1OC)CC(Nc1ccc(OCc3ccccc3)cc1)CC2. The molecule has 0 fully saturated rings. The van der Waals surface area contributed by atoms with Crippen molar-refractivity contribution in [2.24, 2.45) is 0 Å². The summed E-state index contributed by atoms with van der Waals surface area (Å²) in [4.78, 5) is 0. The van der Waals surface area contributed by atoms with Crippen LogP contribution in [0.25, 0.3) is 0 Å². The molecular weight excluding hydrogens is 362 g/mol. The Balaban J connectivity index is 1.36. The molecule has 0 aromatic heterocycles. The minimum atomic E-state index is 0.400. The van der Waals surface area contributed by atoms with Gasteiger partial charge in [0.2, 0.25) is 0 Å². The number of hydrogen-bond donors (Lipinski definition) is 1. The zero-order valence-electron chi connectivity index (χ0n) is 17.0. The zero-order valence-corrected chi connectivity index (χ0v) is 17.0. The van der Waals surface area contributed by atoms with Crippen LogP contribution in [0, 0.1) is 0 Å². The summed E-state index contributed by atoms with van der Waals surface area (Å²) in [6.45, 7) is 0.582. The predicted octanol–water partition coefficient (Wildman–Crippen LogP) is 5.25. The van der Waals surface area contributed by atoms with Crippen LogP contribution in [-0.4, -0.2) is 20.3 Å². The van der Waals surface area contributed by atoms with E-state index >= 15 is 0 Å². The summed E-state index contributed by atoms with van der Waals surface area (Å²) >= 11 is 0. The predicted molar refractivity (Wildman–Crippen MR) is 116 cm³/mol. The number of rotatable bonds is 7. The summed E-state index contributed by atoms with van der Waals surface area (Å²) in [5.41, 5.74) is 4.97. The molecule has 0 aliphatic heterocycles. The normalized spacial score (nSPS) is 15.3. The molecule has 3 aromatic carbocycles. The van der Waals surface area contributed by atoms with Gasteiger partial charge in [-0.1, -0.05) is 30.3 Å². The van der Waals surface area contributed by atoms with Crippen molar-refractivity contribution >= 4 is 5.69 Å². The second-order valence-corrected chi connectivity index (χ2v) is 7.36. The van der Waals surface area contributed by atoms with E-state index in [1.54, 1.807) is 14.2 Å². The molecule has 1 unspecified atom stereocenters. The summed E-state index contributed by atoms with van der Waals surface area (Å²) in [5.74, 6) is 2.49. The lowest BCUT2D eigenvalue weighted by atomic mass is 9.87. The van der Waals surface area contributed by atoms with E-state index in [-0.39, 0.29) is 0 Å². The van der Waals surface area contributed by atoms with Crippen molar-refractivity contribution < 1.29 is 14.2 Å². The first-order chi connectivity index (χ1) is 14.2. The topological polar surface area (TPSA) is 39.7 Å². The molecule has 3 aromatic rings. The molecule has 0 spiro atoms. The molecule has 1 N–H and O–H groups in total. The monoisotopic (exact) mass is 389 g/mol. The number of anilines is 1. The van der Waals surface area contributed by atoms with E-state index in [1.807, 2.05) is 30.3 Å². The second kappa shape index (κ2) is 8.91. The Hall–Kier alpha value is -3.14. The van der Waals surface area contributed by atoms with E-state index in [4.69, 9.17) is 14.2 Å². The Morgan fingerprint density at radius 3 is 2.24 bits per heavy atom. The zero-order chi connectivity index (χ0) is 20.1. The fourth-order valence-corrected chi connectivity index (χ4v) is 3.83. The van der Waals surface area contributed by atoms with Crippen molar-refractivity contribution in [3.05, 3.63) is 83.4 Å². The van der Waals surface area contributed by atoms with E-state index in [0.717, 1.165) is 42.2 Å². The summed E-state index contributed by atoms with van der Waals surface area (Å²) < 4.78 is 16.8. The van der Waals surface area contributed by atoms with E-state index in [2.05, 4.69) is 41.7 Å². The number of methoxy groups -OCH3 is 2. The largest absolute Gasteiger partial charge is 0.493 e. The quantitative estimate of drug-likeness (QED) is 0.599. The maximum atomic E-state index is 5.88. The molecule has 150 valence electrons. The van der Waals surface area contributed by atoms with Gasteiger partial charge in [0.25, 0.3) is 0 Å². The van der Waals surface area contributed by atoms with Crippen LogP contribution in [0.1, 0.15) is 23.1 Å². The first kappa shape index (κ1) is 19.2. The Bertz CT molecular complexity index is 938. The van der Waals surface area contributed by atoms with Crippen molar-refractivity contribution in [1.29, 1.82) is 0 Å². The number of hydrogen-bond acceptors (Lipinski definition) is 4. The van der Waals surface area contributed by atoms with Gasteiger partial charge in [0.1, 0.15) is 12.4 Å². The number of aryl methyl sites for hydroxylation is 1. The van der Waals surface area contributed by atoms with Crippen LogP contribution in [0.5, 0.6) is 17.2 Å². The van der Waals surface area contributed by atoms with E-state index in [0.29, 0.717) is 12.6 Å². The molecule has 4 rings (SSSR count). The van der Waals surface area contributed by atoms with Crippen LogP contribution in [-0.2, 0) is 19.4 Å². The van der Waals surface area contributed by atoms with Gasteiger partial charge in [-0.2, -0.15) is 0 Å². The lowest BCUT2D eigenvalue weighted by molar-refractivity contribution is 0.306. The van der Waals surface area contributed by atoms with Gasteiger partial charge in [-0.05, 0) is 72.4 Å². The van der Waals surface area contributed by atoms with Crippen LogP contribution in [0.2, 0.25) is 0 Å². The number of ether oxygens (including phenoxy) is 3. The third-order valence-electron chi connectivity index (χ3n) is 5.41. The van der Waals surface area contributed by atoms with Gasteiger partial charge in [-0.3, -0.25) is 0 Å². The lowest BCUT2D eigenvalue weighted by Crippen LogP contribution is -2.27. The minimum Gasteiger partial charge on any atom is -0.493 e. The molecular formula is C25H27NO3. The number of benzene rings is 3. The summed E-state index contributed by atoms with van der Waals surface area (Å²) in [7, 11) is 3.37. The van der Waals surface area contributed by atoms with E-state index in [9.17, 15) is 0 Å². The summed E-state index contributed by atoms with van der Waals surface area (Å²) in [5, 5.41) is 3.66. The lowest BCUT2D eigenvalue weighted by Gasteiger charge is -2.27. The molecule has 1 aliphatic carbocycles. The highest BCUT2D eigenvalue weighted by atomic mass is 16.5. The molecule has 0 heterocycles. The van der Waals surface area contributed by atoms with Crippen LogP contribution in [0.15, 0.2) is 66.7 Å². The van der Waals surface area contributed by atoms with Crippen LogP contribution >= 0.6 is 0 Å². The maximum absolute atomic E-state index is 5.88. The molecule has 1 atom stereocenters. The summed E-state index contributed by atoms with van der Waals surface area (Å²) in [6.07, 6.45) is 3.10. The van der Waals surface area contributed by atoms with Crippen molar-refractivity contribution in [3.8, 4) is 17.2 Å². The van der Waals surface area contributed by atoms with Crippen molar-refractivity contribution in [2.75, 3.05) is 19.5 Å². The molecule has 0 saturated heterocycles. The first-order valence-electron chi connectivity index (χ1n) is 10.0. The van der Waals surface area contributed by atoms with Gasteiger partial charge in [-0.25, -0.2) is 0 Å². The van der Waals surface area contributed by atoms with Crippen LogP contribution < -0.4 is 19.5 Å². The van der Waals surface area contributed by atoms with Crippen molar-refractivity contribution in [1.82, 2.24) is 0 Å². The van der Waals surface area contributed by atoms with Crippen LogP contribution in [0.3, 0.4) is 0 Å². The average molecular weight is 389 g/mol. The Morgan fingerprint density at radius 2 is 1.55 bits per heavy atom. The minimum absolute atomic E-state index is 0.400. The molecule has 1 aliphatic rings. The smallest absolute Gasteiger partial charge is 0.161 e. The highest BCUT2D eigenvalue weighted by Crippen LogP contribution is 2.34. The van der Waals surface area contributed by atoms with Gasteiger partial charge >= 0.3 is 0 Å². The fraction of sp³-hybridized carbons (Fsp3) is 0.280. The van der Waals surface area contributed by atoms with Gasteiger partial charge < -0.3 is 19.5 Å². The van der Waals surface area contributed by atoms with Gasteiger partial charge in [0, 0.05) is 11.7 Å². The molecule has 0 bridgehead atoms. The first-order valence-corrected chi connectivity index (χ1v) is 10.0. The molecule has 0 radical (unpaired) electrons. The molecule has 29 heavy (non-hydrogen) atoms. The van der Waals surface area contributed by atoms with Crippen molar-refractivity contribution in [2.45, 2.75) is 31.9 Å². The third-order valence-corrected chi connectivity index (χ3v) is 5.41.